The van der Waals surface area contributed by atoms with Crippen LogP contribution in [0.25, 0.3) is 0 Å². The molecular weight excluding hydrogens is 456 g/mol. The summed E-state index contributed by atoms with van der Waals surface area (Å²) in [6, 6.07) is 0. The lowest BCUT2D eigenvalue weighted by molar-refractivity contribution is -0.183. The zero-order chi connectivity index (χ0) is 23.4. The molecule has 0 spiro atoms. The Hall–Kier alpha value is -0.110. The summed E-state index contributed by atoms with van der Waals surface area (Å²) in [7, 11) is 0. The van der Waals surface area contributed by atoms with E-state index in [0.717, 1.165) is 18.8 Å². The van der Waals surface area contributed by atoms with Gasteiger partial charge < -0.3 is 0 Å². The van der Waals surface area contributed by atoms with E-state index in [9.17, 15) is 4.79 Å². The minimum absolute atomic E-state index is 0.149. The van der Waals surface area contributed by atoms with Crippen LogP contribution in [-0.2, 0) is 4.79 Å². The first kappa shape index (κ1) is 23.6. The minimum Gasteiger partial charge on any atom is -0.299 e. The summed E-state index contributed by atoms with van der Waals surface area (Å²) >= 11 is 4.01. The van der Waals surface area contributed by atoms with E-state index in [1.807, 2.05) is 5.57 Å². The Bertz CT molecular complexity index is 853. The highest BCUT2D eigenvalue weighted by Gasteiger charge is 2.68. The molecule has 0 N–H and O–H groups in total. The summed E-state index contributed by atoms with van der Waals surface area (Å²) in [5.74, 6) is 2.53. The predicted molar refractivity (Wildman–Crippen MR) is 138 cm³/mol. The molecule has 2 heteroatoms. The lowest BCUT2D eigenvalue weighted by Gasteiger charge is -2.71. The molecule has 0 saturated heterocycles. The van der Waals surface area contributed by atoms with E-state index in [2.05, 4.69) is 70.5 Å². The molecule has 180 valence electrons. The van der Waals surface area contributed by atoms with Crippen molar-refractivity contribution in [2.45, 2.75) is 113 Å². The number of ketones is 1. The van der Waals surface area contributed by atoms with Crippen molar-refractivity contribution in [3.63, 3.8) is 0 Å². The molecule has 1 unspecified atom stereocenters. The highest BCUT2D eigenvalue weighted by molar-refractivity contribution is 9.09. The summed E-state index contributed by atoms with van der Waals surface area (Å²) in [6.45, 7) is 17.5. The van der Waals surface area contributed by atoms with Crippen molar-refractivity contribution in [2.24, 2.45) is 50.2 Å². The average Bonchev–Trinajstić information content (AvgIpc) is 2.71. The predicted octanol–water partition coefficient (Wildman–Crippen LogP) is 8.75. The Kier molecular flexibility index (Phi) is 5.15. The van der Waals surface area contributed by atoms with Crippen LogP contribution in [0, 0.1) is 50.2 Å². The van der Waals surface area contributed by atoms with Crippen LogP contribution in [-0.4, -0.2) is 11.1 Å². The first-order valence-electron chi connectivity index (χ1n) is 13.6. The molecule has 1 nitrogen and oxygen atoms in total. The van der Waals surface area contributed by atoms with Gasteiger partial charge in [0.1, 0.15) is 5.78 Å². The molecule has 0 aromatic rings. The van der Waals surface area contributed by atoms with Gasteiger partial charge in [0.05, 0.1) is 0 Å². The first-order chi connectivity index (χ1) is 14.8. The second kappa shape index (κ2) is 6.98. The summed E-state index contributed by atoms with van der Waals surface area (Å²) in [5, 5.41) is 1.17. The van der Waals surface area contributed by atoms with E-state index in [0.29, 0.717) is 44.7 Å². The highest BCUT2D eigenvalue weighted by atomic mass is 79.9. The fourth-order valence-corrected chi connectivity index (χ4v) is 11.3. The van der Waals surface area contributed by atoms with E-state index in [1.54, 1.807) is 0 Å². The number of allylic oxidation sites excluding steroid dienone is 2. The fourth-order valence-electron chi connectivity index (χ4n) is 10.4. The van der Waals surface area contributed by atoms with Crippen LogP contribution >= 0.6 is 15.9 Å². The van der Waals surface area contributed by atoms with E-state index in [1.165, 1.54) is 56.7 Å². The maximum absolute atomic E-state index is 12.9. The normalized spacial score (nSPS) is 51.6. The molecule has 4 saturated carbocycles. The summed E-state index contributed by atoms with van der Waals surface area (Å²) in [5.41, 5.74) is 3.62. The molecule has 0 aromatic heterocycles. The van der Waals surface area contributed by atoms with Gasteiger partial charge in [0, 0.05) is 17.2 Å². The molecule has 0 aliphatic heterocycles. The fraction of sp³-hybridized carbons (Fsp3) is 0.900. The minimum atomic E-state index is -0.149. The lowest BCUT2D eigenvalue weighted by atomic mass is 9.34. The summed E-state index contributed by atoms with van der Waals surface area (Å²) < 4.78 is 0. The molecule has 5 aliphatic carbocycles. The average molecular weight is 504 g/mol. The van der Waals surface area contributed by atoms with Crippen LogP contribution < -0.4 is 0 Å². The third-order valence-corrected chi connectivity index (χ3v) is 13.9. The molecule has 5 aliphatic rings. The van der Waals surface area contributed by atoms with Crippen molar-refractivity contribution in [1.29, 1.82) is 0 Å². The zero-order valence-electron chi connectivity index (χ0n) is 21.9. The number of Topliss-reactive ketones (excluding diaryl/α,β-unsaturated/α-hetero) is 1. The number of hydrogen-bond donors (Lipinski definition) is 0. The van der Waals surface area contributed by atoms with Crippen molar-refractivity contribution in [3.8, 4) is 0 Å². The SMILES string of the molecule is CC1(C)CC[C@]2(CBr)CC[C@]3(C)C(=CCC4[C@@]5(C)CCC(=O)C(C)(C)[C@@H]5CC[C@]43C)[C@@H]2C1. The maximum Gasteiger partial charge on any atom is 0.138 e. The smallest absolute Gasteiger partial charge is 0.138 e. The molecular formula is C30H47BrO. The molecule has 0 radical (unpaired) electrons. The third kappa shape index (κ3) is 2.83. The lowest BCUT2D eigenvalue weighted by Crippen LogP contribution is -2.64. The van der Waals surface area contributed by atoms with Gasteiger partial charge in [-0.1, -0.05) is 76.0 Å². The maximum atomic E-state index is 12.9. The third-order valence-electron chi connectivity index (χ3n) is 12.8. The summed E-state index contributed by atoms with van der Waals surface area (Å²) in [6.07, 6.45) is 15.3. The molecule has 4 fully saturated rings. The zero-order valence-corrected chi connectivity index (χ0v) is 23.5. The number of carbonyl (C=O) groups excluding carboxylic acids is 1. The van der Waals surface area contributed by atoms with Gasteiger partial charge in [-0.25, -0.2) is 0 Å². The van der Waals surface area contributed by atoms with Crippen molar-refractivity contribution >= 4 is 21.7 Å². The second-order valence-electron chi connectivity index (χ2n) is 14.9. The van der Waals surface area contributed by atoms with Gasteiger partial charge in [-0.15, -0.1) is 0 Å². The van der Waals surface area contributed by atoms with Gasteiger partial charge in [-0.2, -0.15) is 0 Å². The van der Waals surface area contributed by atoms with Crippen LogP contribution in [0.5, 0.6) is 0 Å². The van der Waals surface area contributed by atoms with Crippen LogP contribution in [0.4, 0.5) is 0 Å². The number of alkyl halides is 1. The van der Waals surface area contributed by atoms with Crippen LogP contribution in [0.15, 0.2) is 11.6 Å². The number of halogens is 1. The van der Waals surface area contributed by atoms with Crippen LogP contribution in [0.2, 0.25) is 0 Å². The van der Waals surface area contributed by atoms with Crippen molar-refractivity contribution < 1.29 is 4.79 Å². The van der Waals surface area contributed by atoms with Gasteiger partial charge >= 0.3 is 0 Å². The van der Waals surface area contributed by atoms with Gasteiger partial charge in [0.25, 0.3) is 0 Å². The van der Waals surface area contributed by atoms with Gasteiger partial charge in [0.2, 0.25) is 0 Å². The highest BCUT2D eigenvalue weighted by Crippen LogP contribution is 2.75. The molecule has 0 heterocycles. The molecule has 0 bridgehead atoms. The van der Waals surface area contributed by atoms with Crippen LogP contribution in [0.3, 0.4) is 0 Å². The Morgan fingerprint density at radius 2 is 1.59 bits per heavy atom. The van der Waals surface area contributed by atoms with E-state index < -0.39 is 0 Å². The van der Waals surface area contributed by atoms with Crippen molar-refractivity contribution in [2.75, 3.05) is 5.33 Å². The molecule has 0 amide bonds. The molecule has 7 atom stereocenters. The number of rotatable bonds is 1. The monoisotopic (exact) mass is 502 g/mol. The Morgan fingerprint density at radius 3 is 2.28 bits per heavy atom. The van der Waals surface area contributed by atoms with Crippen molar-refractivity contribution in [1.82, 2.24) is 0 Å². The van der Waals surface area contributed by atoms with E-state index >= 15 is 0 Å². The van der Waals surface area contributed by atoms with Crippen molar-refractivity contribution in [3.05, 3.63) is 11.6 Å². The second-order valence-corrected chi connectivity index (χ2v) is 15.4. The largest absolute Gasteiger partial charge is 0.299 e. The van der Waals surface area contributed by atoms with Gasteiger partial charge in [0.15, 0.2) is 0 Å². The topological polar surface area (TPSA) is 17.1 Å². The first-order valence-corrected chi connectivity index (χ1v) is 14.7. The Balaban J connectivity index is 1.59. The Morgan fingerprint density at radius 1 is 0.906 bits per heavy atom. The van der Waals surface area contributed by atoms with Crippen LogP contribution in [0.1, 0.15) is 113 Å². The van der Waals surface area contributed by atoms with Gasteiger partial charge in [-0.05, 0) is 103 Å². The number of fused-ring (bicyclic) bond motifs is 7. The molecule has 5 rings (SSSR count). The molecule has 32 heavy (non-hydrogen) atoms. The number of hydrogen-bond acceptors (Lipinski definition) is 1. The quantitative estimate of drug-likeness (QED) is 0.258. The van der Waals surface area contributed by atoms with Gasteiger partial charge in [-0.3, -0.25) is 4.79 Å². The summed E-state index contributed by atoms with van der Waals surface area (Å²) in [4.78, 5) is 12.9. The number of carbonyl (C=O) groups is 1. The van der Waals surface area contributed by atoms with E-state index in [-0.39, 0.29) is 5.41 Å². The van der Waals surface area contributed by atoms with E-state index in [4.69, 9.17) is 0 Å². The standard InChI is InChI=1S/C30H47BrO/c1-25(2)14-16-30(19-31)17-15-28(6)20(21(30)18-25)8-9-23-27(5)12-11-24(32)26(3,4)22(27)10-13-29(23,28)7/h8,21-23H,9-19H2,1-7H3/t21-,22-,23?,27-,28+,29+,30+/m0/s1. The Labute approximate surface area is 206 Å². The molecule has 0 aromatic carbocycles.